The van der Waals surface area contributed by atoms with E-state index in [2.05, 4.69) is 38.3 Å². The van der Waals surface area contributed by atoms with Crippen molar-refractivity contribution < 1.29 is 32.7 Å². The van der Waals surface area contributed by atoms with Gasteiger partial charge in [-0.05, 0) is 50.3 Å². The van der Waals surface area contributed by atoms with Crippen LogP contribution in [0.4, 0.5) is 52.5 Å². The predicted molar refractivity (Wildman–Crippen MR) is 167 cm³/mol. The fraction of sp³-hybridized carbons (Fsp3) is 0.167. The number of carboxylic acids is 1. The Hall–Kier alpha value is -5.95. The minimum absolute atomic E-state index is 0.137. The van der Waals surface area contributed by atoms with Crippen LogP contribution in [0.1, 0.15) is 19.4 Å². The number of para-hydroxylation sites is 1. The van der Waals surface area contributed by atoms with Crippen LogP contribution in [0.3, 0.4) is 0 Å². The first kappa shape index (κ1) is 33.9. The van der Waals surface area contributed by atoms with Gasteiger partial charge in [0.25, 0.3) is 0 Å². The number of carbonyl (C=O) groups is 3. The van der Waals surface area contributed by atoms with Crippen molar-refractivity contribution in [2.45, 2.75) is 32.1 Å². The highest BCUT2D eigenvalue weighted by atomic mass is 35.5. The van der Waals surface area contributed by atoms with Crippen molar-refractivity contribution in [3.05, 3.63) is 90.4 Å². The summed E-state index contributed by atoms with van der Waals surface area (Å²) in [4.78, 5) is 47.0. The van der Waals surface area contributed by atoms with Crippen molar-refractivity contribution in [1.29, 1.82) is 5.26 Å². The monoisotopic (exact) mass is 667 g/mol. The van der Waals surface area contributed by atoms with E-state index in [0.717, 1.165) is 0 Å². The molecule has 3 amide bonds. The first-order valence-corrected chi connectivity index (χ1v) is 13.8. The maximum absolute atomic E-state index is 14.0. The molecule has 0 atom stereocenters. The normalized spacial score (nSPS) is 12.7. The SMILES string of the molecule is C=CC(=O)Nc1cccc(N2C(=O)N(c3ccccc3)Cc3cnc(Nc4cn(C(C)(C)C#N)nc4Cl)nc32)c1.O=C(O)C(F)(F)F. The number of rotatable bonds is 7. The summed E-state index contributed by atoms with van der Waals surface area (Å²) >= 11 is 6.33. The highest BCUT2D eigenvalue weighted by molar-refractivity contribution is 6.32. The molecule has 3 heterocycles. The molecule has 3 N–H and O–H groups in total. The van der Waals surface area contributed by atoms with Gasteiger partial charge in [-0.3, -0.25) is 9.69 Å². The minimum atomic E-state index is -5.08. The molecular formula is C30H25ClF3N9O4. The van der Waals surface area contributed by atoms with Gasteiger partial charge in [-0.2, -0.15) is 28.5 Å². The molecule has 13 nitrogen and oxygen atoms in total. The van der Waals surface area contributed by atoms with Gasteiger partial charge in [-0.1, -0.05) is 42.4 Å². The molecule has 1 aliphatic heterocycles. The molecular weight excluding hydrogens is 643 g/mol. The molecule has 0 bridgehead atoms. The van der Waals surface area contributed by atoms with Crippen LogP contribution in [0.2, 0.25) is 5.15 Å². The molecule has 2 aromatic heterocycles. The Balaban J connectivity index is 0.000000644. The van der Waals surface area contributed by atoms with Gasteiger partial charge in [0.05, 0.1) is 30.2 Å². The molecule has 242 valence electrons. The number of hydrogen-bond donors (Lipinski definition) is 3. The molecule has 0 unspecified atom stereocenters. The lowest BCUT2D eigenvalue weighted by molar-refractivity contribution is -0.192. The van der Waals surface area contributed by atoms with Crippen LogP contribution in [-0.2, 0) is 21.7 Å². The Morgan fingerprint density at radius 3 is 2.40 bits per heavy atom. The summed E-state index contributed by atoms with van der Waals surface area (Å²) in [6.07, 6.45) is -0.678. The number of nitriles is 1. The van der Waals surface area contributed by atoms with Gasteiger partial charge in [-0.15, -0.1) is 0 Å². The number of urea groups is 1. The van der Waals surface area contributed by atoms with Crippen molar-refractivity contribution in [2.75, 3.05) is 20.4 Å². The molecule has 4 aromatic rings. The van der Waals surface area contributed by atoms with E-state index in [1.807, 2.05) is 30.3 Å². The van der Waals surface area contributed by atoms with Crippen molar-refractivity contribution in [3.63, 3.8) is 0 Å². The van der Waals surface area contributed by atoms with Gasteiger partial charge < -0.3 is 15.7 Å². The highest BCUT2D eigenvalue weighted by Gasteiger charge is 2.38. The number of nitrogens with one attached hydrogen (secondary N) is 2. The van der Waals surface area contributed by atoms with Gasteiger partial charge >= 0.3 is 18.2 Å². The van der Waals surface area contributed by atoms with Gasteiger partial charge in [-0.25, -0.2) is 24.2 Å². The summed E-state index contributed by atoms with van der Waals surface area (Å²) in [5, 5.41) is 26.7. The number of carbonyl (C=O) groups excluding carboxylic acids is 2. The van der Waals surface area contributed by atoms with E-state index in [0.29, 0.717) is 34.1 Å². The molecule has 1 aliphatic rings. The van der Waals surface area contributed by atoms with Crippen LogP contribution in [0.5, 0.6) is 0 Å². The van der Waals surface area contributed by atoms with E-state index in [-0.39, 0.29) is 29.6 Å². The minimum Gasteiger partial charge on any atom is -0.475 e. The molecule has 47 heavy (non-hydrogen) atoms. The first-order valence-electron chi connectivity index (χ1n) is 13.4. The lowest BCUT2D eigenvalue weighted by Gasteiger charge is -2.36. The van der Waals surface area contributed by atoms with Gasteiger partial charge in [0.1, 0.15) is 5.54 Å². The number of nitrogens with zero attached hydrogens (tertiary/aromatic N) is 7. The number of benzene rings is 2. The van der Waals surface area contributed by atoms with E-state index >= 15 is 0 Å². The zero-order chi connectivity index (χ0) is 34.5. The van der Waals surface area contributed by atoms with Crippen LogP contribution in [-0.4, -0.2) is 48.9 Å². The van der Waals surface area contributed by atoms with E-state index in [4.69, 9.17) is 21.5 Å². The van der Waals surface area contributed by atoms with Gasteiger partial charge in [0, 0.05) is 23.1 Å². The second-order valence-corrected chi connectivity index (χ2v) is 10.6. The summed E-state index contributed by atoms with van der Waals surface area (Å²) in [6.45, 7) is 7.16. The van der Waals surface area contributed by atoms with E-state index in [1.54, 1.807) is 55.4 Å². The molecule has 0 radical (unpaired) electrons. The quantitative estimate of drug-likeness (QED) is 0.190. The third kappa shape index (κ3) is 7.83. The number of fused-ring (bicyclic) bond motifs is 1. The van der Waals surface area contributed by atoms with Crippen molar-refractivity contribution in [2.24, 2.45) is 0 Å². The number of amides is 3. The first-order chi connectivity index (χ1) is 22.1. The number of alkyl halides is 3. The molecule has 0 fully saturated rings. The van der Waals surface area contributed by atoms with E-state index < -0.39 is 17.7 Å². The Morgan fingerprint density at radius 2 is 1.79 bits per heavy atom. The standard InChI is InChI=1S/C28H24ClN9O2.C2HF3O2/c1-4-23(39)32-19-9-8-12-21(13-19)38-25-18(15-36(27(38)40)20-10-6-5-7-11-20)14-31-26(34-25)33-22-16-37(35-24(22)29)28(2,3)17-30;3-2(4,5)1(6)7/h4-14,16H,1,15H2,2-3H3,(H,32,39)(H,31,33,34);(H,6,7). The number of aromatic nitrogens is 4. The number of halogens is 4. The maximum Gasteiger partial charge on any atom is 0.490 e. The van der Waals surface area contributed by atoms with Crippen LogP contribution in [0, 0.1) is 11.3 Å². The molecule has 0 saturated heterocycles. The average Bonchev–Trinajstić information content (AvgIpc) is 3.41. The number of hydrogen-bond acceptors (Lipinski definition) is 8. The average molecular weight is 668 g/mol. The lowest BCUT2D eigenvalue weighted by Crippen LogP contribution is -2.45. The molecule has 2 aromatic carbocycles. The Bertz CT molecular complexity index is 1870. The third-order valence-electron chi connectivity index (χ3n) is 6.43. The second-order valence-electron chi connectivity index (χ2n) is 10.2. The highest BCUT2D eigenvalue weighted by Crippen LogP contribution is 2.37. The summed E-state index contributed by atoms with van der Waals surface area (Å²) < 4.78 is 33.2. The van der Waals surface area contributed by atoms with E-state index in [9.17, 15) is 28.0 Å². The number of aliphatic carboxylic acids is 1. The summed E-state index contributed by atoms with van der Waals surface area (Å²) in [5.74, 6) is -2.59. The smallest absolute Gasteiger partial charge is 0.475 e. The fourth-order valence-corrected chi connectivity index (χ4v) is 4.24. The van der Waals surface area contributed by atoms with Crippen LogP contribution in [0.25, 0.3) is 0 Å². The molecule has 0 aliphatic carbocycles. The van der Waals surface area contributed by atoms with Crippen molar-refractivity contribution in [1.82, 2.24) is 19.7 Å². The van der Waals surface area contributed by atoms with E-state index in [1.165, 1.54) is 15.7 Å². The van der Waals surface area contributed by atoms with Crippen LogP contribution >= 0.6 is 11.6 Å². The topological polar surface area (TPSA) is 169 Å². The van der Waals surface area contributed by atoms with Crippen LogP contribution in [0.15, 0.2) is 79.6 Å². The molecule has 0 saturated carbocycles. The lowest BCUT2D eigenvalue weighted by atomic mass is 10.1. The molecule has 17 heteroatoms. The Kier molecular flexibility index (Phi) is 9.81. The fourth-order valence-electron chi connectivity index (χ4n) is 4.07. The Labute approximate surface area is 270 Å². The Morgan fingerprint density at radius 1 is 1.13 bits per heavy atom. The molecule has 5 rings (SSSR count). The van der Waals surface area contributed by atoms with Gasteiger partial charge in [0.2, 0.25) is 11.9 Å². The zero-order valence-corrected chi connectivity index (χ0v) is 25.4. The van der Waals surface area contributed by atoms with Crippen LogP contribution < -0.4 is 20.4 Å². The predicted octanol–water partition coefficient (Wildman–Crippen LogP) is 6.36. The molecule has 0 spiro atoms. The number of anilines is 6. The third-order valence-corrected chi connectivity index (χ3v) is 6.71. The second kappa shape index (κ2) is 13.6. The maximum atomic E-state index is 14.0. The summed E-state index contributed by atoms with van der Waals surface area (Å²) in [6, 6.07) is 18.0. The number of carboxylic acid groups (broad SMARTS) is 1. The summed E-state index contributed by atoms with van der Waals surface area (Å²) in [5.41, 5.74) is 1.86. The van der Waals surface area contributed by atoms with Gasteiger partial charge in [0.15, 0.2) is 11.0 Å². The largest absolute Gasteiger partial charge is 0.490 e. The zero-order valence-electron chi connectivity index (χ0n) is 24.7. The summed E-state index contributed by atoms with van der Waals surface area (Å²) in [7, 11) is 0. The van der Waals surface area contributed by atoms with Crippen molar-refractivity contribution >= 4 is 64.0 Å². The van der Waals surface area contributed by atoms with Crippen molar-refractivity contribution in [3.8, 4) is 6.07 Å².